The molecule has 3 aliphatic rings. The number of amides is 2. The first kappa shape index (κ1) is 98.9. The minimum absolute atomic E-state index is 0.230. The van der Waals surface area contributed by atoms with Crippen molar-refractivity contribution >= 4 is 17.8 Å². The van der Waals surface area contributed by atoms with E-state index in [0.29, 0.717) is 19.3 Å². The van der Waals surface area contributed by atoms with Crippen LogP contribution >= 0.6 is 0 Å². The standard InChI is InChI=1S/C84H160N2O21/c1-4-6-8-10-12-14-16-18-20-22-24-26-28-29-30-31-32-33-34-35-36-38-40-42-44-46-48-50-52-54-56-58-71(94)86-65(66(91)57-55-53-51-49-47-45-43-41-39-37-27-25-23-21-19-17-15-13-11-9-7-5-2)63-102-81-76(98)75(97)78(70(62-89)104-81)105-82-77(99)80(74(96)69(61-88)103-82)107-84(83(100)101)59-67(92)72(85-64(3)90)79(106-84)73(95)68(93)60-87/h65-70,72-82,87-89,91-93,95-99H,4-63H2,1-3H3,(H,85,90)(H,86,94)(H,100,101). The molecule has 632 valence electrons. The number of aliphatic hydroxyl groups excluding tert-OH is 11. The van der Waals surface area contributed by atoms with E-state index in [1.54, 1.807) is 0 Å². The van der Waals surface area contributed by atoms with E-state index in [1.807, 2.05) is 0 Å². The molecule has 0 bridgehead atoms. The first-order valence-electron chi connectivity index (χ1n) is 43.9. The van der Waals surface area contributed by atoms with Gasteiger partial charge in [-0.3, -0.25) is 9.59 Å². The first-order valence-corrected chi connectivity index (χ1v) is 43.9. The molecule has 0 aromatic rings. The number of nitrogens with one attached hydrogen (secondary N) is 2. The van der Waals surface area contributed by atoms with E-state index in [-0.39, 0.29) is 18.9 Å². The van der Waals surface area contributed by atoms with E-state index in [4.69, 9.17) is 28.4 Å². The van der Waals surface area contributed by atoms with Crippen molar-refractivity contribution in [2.24, 2.45) is 0 Å². The third kappa shape index (κ3) is 42.6. The van der Waals surface area contributed by atoms with E-state index in [2.05, 4.69) is 24.5 Å². The van der Waals surface area contributed by atoms with Crippen LogP contribution in [0.15, 0.2) is 0 Å². The fourth-order valence-electron chi connectivity index (χ4n) is 15.7. The fraction of sp³-hybridized carbons (Fsp3) is 0.964. The second-order valence-electron chi connectivity index (χ2n) is 32.1. The Labute approximate surface area is 646 Å². The van der Waals surface area contributed by atoms with Crippen LogP contribution < -0.4 is 10.6 Å². The molecule has 0 saturated carbocycles. The summed E-state index contributed by atoms with van der Waals surface area (Å²) in [6.07, 6.45) is 39.6. The predicted molar refractivity (Wildman–Crippen MR) is 417 cm³/mol. The molecule has 3 rings (SSSR count). The molecule has 23 nitrogen and oxygen atoms in total. The molecule has 3 saturated heterocycles. The lowest BCUT2D eigenvalue weighted by atomic mass is 9.88. The third-order valence-electron chi connectivity index (χ3n) is 22.6. The Morgan fingerprint density at radius 2 is 0.813 bits per heavy atom. The van der Waals surface area contributed by atoms with Crippen LogP contribution in [0.2, 0.25) is 0 Å². The molecule has 14 N–H and O–H groups in total. The molecule has 3 aliphatic heterocycles. The number of rotatable bonds is 71. The van der Waals surface area contributed by atoms with Crippen molar-refractivity contribution in [3.05, 3.63) is 0 Å². The molecule has 107 heavy (non-hydrogen) atoms. The van der Waals surface area contributed by atoms with Gasteiger partial charge < -0.3 is 100 Å². The SMILES string of the molecule is CCCCCCCCCCCCCCCCCCCCCCCCCCCCCCCCCC(=O)NC(COC1OC(CO)C(OC2OC(CO)C(O)C(OC3(C(=O)O)CC(O)C(NC(C)=O)C(C(O)C(O)CO)O3)C2O)C(O)C1O)C(O)CCCCCCCCCCCCCCCCCCCCCCCC. The lowest BCUT2D eigenvalue weighted by Crippen LogP contribution is -2.70. The van der Waals surface area contributed by atoms with E-state index >= 15 is 0 Å². The van der Waals surface area contributed by atoms with Gasteiger partial charge in [0.05, 0.1) is 50.7 Å². The van der Waals surface area contributed by atoms with Crippen LogP contribution in [0.1, 0.15) is 380 Å². The van der Waals surface area contributed by atoms with Gasteiger partial charge in [0.2, 0.25) is 11.8 Å². The third-order valence-corrected chi connectivity index (χ3v) is 22.6. The highest BCUT2D eigenvalue weighted by molar-refractivity contribution is 5.77. The molecule has 3 heterocycles. The summed E-state index contributed by atoms with van der Waals surface area (Å²) in [4.78, 5) is 38.8. The Bertz CT molecular complexity index is 2120. The maximum absolute atomic E-state index is 13.6. The number of aliphatic carboxylic acids is 1. The summed E-state index contributed by atoms with van der Waals surface area (Å²) in [7, 11) is 0. The number of carboxylic acids is 1. The molecular formula is C84H160N2O21. The van der Waals surface area contributed by atoms with Crippen molar-refractivity contribution < 1.29 is 104 Å². The van der Waals surface area contributed by atoms with E-state index in [9.17, 15) is 75.7 Å². The van der Waals surface area contributed by atoms with Gasteiger partial charge in [0, 0.05) is 19.8 Å². The van der Waals surface area contributed by atoms with Crippen LogP contribution in [0, 0.1) is 0 Å². The minimum atomic E-state index is -3.08. The number of aliphatic hydroxyl groups is 11. The van der Waals surface area contributed by atoms with Crippen molar-refractivity contribution in [3.63, 3.8) is 0 Å². The molecule has 0 radical (unpaired) electrons. The van der Waals surface area contributed by atoms with Gasteiger partial charge in [-0.05, 0) is 12.8 Å². The Kier molecular flexibility index (Phi) is 58.3. The lowest BCUT2D eigenvalue weighted by molar-refractivity contribution is -0.386. The lowest BCUT2D eigenvalue weighted by Gasteiger charge is -2.50. The molecular weight excluding hydrogens is 1370 g/mol. The molecule has 0 spiro atoms. The van der Waals surface area contributed by atoms with E-state index < -0.39 is 148 Å². The normalized spacial score (nSPS) is 25.9. The zero-order chi connectivity index (χ0) is 78.1. The van der Waals surface area contributed by atoms with E-state index in [0.717, 1.165) is 51.9 Å². The van der Waals surface area contributed by atoms with Crippen molar-refractivity contribution in [2.45, 2.75) is 490 Å². The Morgan fingerprint density at radius 1 is 0.449 bits per heavy atom. The number of carbonyl (C=O) groups is 3. The topological polar surface area (TPSA) is 373 Å². The van der Waals surface area contributed by atoms with Crippen molar-refractivity contribution in [3.8, 4) is 0 Å². The van der Waals surface area contributed by atoms with Crippen LogP contribution in [0.25, 0.3) is 0 Å². The average Bonchev–Trinajstić information content (AvgIpc) is 0.752. The first-order chi connectivity index (χ1) is 51.9. The largest absolute Gasteiger partial charge is 0.477 e. The molecule has 2 amide bonds. The average molecular weight is 1530 g/mol. The summed E-state index contributed by atoms with van der Waals surface area (Å²) >= 11 is 0. The fourth-order valence-corrected chi connectivity index (χ4v) is 15.7. The highest BCUT2D eigenvalue weighted by atomic mass is 16.8. The van der Waals surface area contributed by atoms with Crippen molar-refractivity contribution in [1.82, 2.24) is 10.6 Å². The van der Waals surface area contributed by atoms with Crippen LogP contribution in [0.5, 0.6) is 0 Å². The highest BCUT2D eigenvalue weighted by Gasteiger charge is 2.60. The maximum Gasteiger partial charge on any atom is 0.364 e. The highest BCUT2D eigenvalue weighted by Crippen LogP contribution is 2.39. The summed E-state index contributed by atoms with van der Waals surface area (Å²) in [5.74, 6) is -6.08. The van der Waals surface area contributed by atoms with Crippen LogP contribution in [0.3, 0.4) is 0 Å². The summed E-state index contributed by atoms with van der Waals surface area (Å²) in [5.41, 5.74) is 0. The van der Waals surface area contributed by atoms with Crippen molar-refractivity contribution in [2.75, 3.05) is 26.4 Å². The number of hydrogen-bond donors (Lipinski definition) is 14. The summed E-state index contributed by atoms with van der Waals surface area (Å²) in [6, 6.07) is -2.53. The molecule has 18 atom stereocenters. The van der Waals surface area contributed by atoms with Crippen LogP contribution in [-0.2, 0) is 42.8 Å². The number of unbranched alkanes of at least 4 members (excludes halogenated alkanes) is 51. The smallest absolute Gasteiger partial charge is 0.364 e. The molecule has 0 aliphatic carbocycles. The van der Waals surface area contributed by atoms with E-state index in [1.165, 1.54) is 283 Å². The van der Waals surface area contributed by atoms with Gasteiger partial charge >= 0.3 is 5.97 Å². The van der Waals surface area contributed by atoms with Gasteiger partial charge in [0.15, 0.2) is 12.6 Å². The predicted octanol–water partition coefficient (Wildman–Crippen LogP) is 13.1. The van der Waals surface area contributed by atoms with Gasteiger partial charge in [0.1, 0.15) is 67.1 Å². The van der Waals surface area contributed by atoms with Crippen LogP contribution in [0.4, 0.5) is 0 Å². The Morgan fingerprint density at radius 3 is 1.17 bits per heavy atom. The monoisotopic (exact) mass is 1530 g/mol. The van der Waals surface area contributed by atoms with Gasteiger partial charge in [0.25, 0.3) is 5.79 Å². The quantitative estimate of drug-likeness (QED) is 0.0252. The summed E-state index contributed by atoms with van der Waals surface area (Å²) in [6.45, 7) is 2.29. The van der Waals surface area contributed by atoms with Gasteiger partial charge in [-0.1, -0.05) is 348 Å². The minimum Gasteiger partial charge on any atom is -0.477 e. The Hall–Kier alpha value is -2.27. The number of hydrogen-bond acceptors (Lipinski definition) is 20. The number of ether oxygens (including phenoxy) is 6. The Balaban J connectivity index is 1.46. The van der Waals surface area contributed by atoms with Crippen LogP contribution in [-0.4, -0.2) is 215 Å². The molecule has 3 fully saturated rings. The van der Waals surface area contributed by atoms with Gasteiger partial charge in [-0.15, -0.1) is 0 Å². The molecule has 23 heteroatoms. The zero-order valence-corrected chi connectivity index (χ0v) is 67.3. The number of carbonyl (C=O) groups excluding carboxylic acids is 2. The molecule has 18 unspecified atom stereocenters. The van der Waals surface area contributed by atoms with Crippen molar-refractivity contribution in [1.29, 1.82) is 0 Å². The molecule has 0 aromatic carbocycles. The summed E-state index contributed by atoms with van der Waals surface area (Å²) < 4.78 is 35.0. The second kappa shape index (κ2) is 63.1. The zero-order valence-electron chi connectivity index (χ0n) is 67.3. The van der Waals surface area contributed by atoms with Gasteiger partial charge in [-0.2, -0.15) is 0 Å². The summed E-state index contributed by atoms with van der Waals surface area (Å²) in [5, 5.41) is 137. The van der Waals surface area contributed by atoms with Gasteiger partial charge in [-0.25, -0.2) is 4.79 Å². The maximum atomic E-state index is 13.6. The second-order valence-corrected chi connectivity index (χ2v) is 32.1. The number of carboxylic acid groups (broad SMARTS) is 1. The molecule has 0 aromatic heterocycles.